The zero-order valence-corrected chi connectivity index (χ0v) is 12.8. The summed E-state index contributed by atoms with van der Waals surface area (Å²) in [6.45, 7) is 3.04. The van der Waals surface area contributed by atoms with Crippen molar-refractivity contribution in [2.24, 2.45) is 5.73 Å². The van der Waals surface area contributed by atoms with Gasteiger partial charge in [-0.2, -0.15) is 0 Å². The second-order valence-corrected chi connectivity index (χ2v) is 5.76. The third kappa shape index (κ3) is 2.97. The van der Waals surface area contributed by atoms with Crippen LogP contribution in [0.1, 0.15) is 18.1 Å². The van der Waals surface area contributed by atoms with Crippen LogP contribution in [0.5, 0.6) is 0 Å². The minimum atomic E-state index is 0.00375. The van der Waals surface area contributed by atoms with Crippen LogP contribution < -0.4 is 16.0 Å². The quantitative estimate of drug-likeness (QED) is 0.911. The fourth-order valence-corrected chi connectivity index (χ4v) is 2.95. The average Bonchev–Trinajstić information content (AvgIpc) is 2.84. The Balaban J connectivity index is 1.66. The largest absolute Gasteiger partial charge is 0.359 e. The molecule has 0 saturated heterocycles. The smallest absolute Gasteiger partial charge is 0.243 e. The van der Waals surface area contributed by atoms with Gasteiger partial charge in [0.15, 0.2) is 0 Å². The normalized spacial score (nSPS) is 16.5. The van der Waals surface area contributed by atoms with Gasteiger partial charge in [-0.05, 0) is 42.7 Å². The number of hydrogen-bond acceptors (Lipinski definition) is 3. The number of rotatable bonds is 4. The van der Waals surface area contributed by atoms with Gasteiger partial charge in [0.25, 0.3) is 0 Å². The first-order valence-corrected chi connectivity index (χ1v) is 7.61. The number of fused-ring (bicyclic) bond motifs is 1. The number of nitrogens with zero attached hydrogens (tertiary/aromatic N) is 1. The summed E-state index contributed by atoms with van der Waals surface area (Å²) in [5.41, 5.74) is 9.92. The number of nitrogens with one attached hydrogen (secondary N) is 1. The lowest BCUT2D eigenvalue weighted by Crippen LogP contribution is -2.37. The second-order valence-electron chi connectivity index (χ2n) is 5.76. The molecule has 2 aromatic carbocycles. The Kier molecular flexibility index (Phi) is 4.11. The molecule has 3 N–H and O–H groups in total. The monoisotopic (exact) mass is 295 g/mol. The Morgan fingerprint density at radius 2 is 1.95 bits per heavy atom. The third-order valence-corrected chi connectivity index (χ3v) is 4.14. The molecule has 0 saturated carbocycles. The number of hydrogen-bond donors (Lipinski definition) is 2. The van der Waals surface area contributed by atoms with Gasteiger partial charge in [0.1, 0.15) is 0 Å². The van der Waals surface area contributed by atoms with Crippen molar-refractivity contribution in [3.8, 4) is 0 Å². The minimum Gasteiger partial charge on any atom is -0.359 e. The highest BCUT2D eigenvalue weighted by molar-refractivity contribution is 5.94. The summed E-state index contributed by atoms with van der Waals surface area (Å²) < 4.78 is 0. The van der Waals surface area contributed by atoms with Gasteiger partial charge in [-0.25, -0.2) is 0 Å². The van der Waals surface area contributed by atoms with E-state index in [0.29, 0.717) is 19.1 Å². The molecule has 2 aromatic rings. The summed E-state index contributed by atoms with van der Waals surface area (Å²) in [6.07, 6.45) is 0.995. The Bertz CT molecular complexity index is 666. The van der Waals surface area contributed by atoms with Gasteiger partial charge in [-0.3, -0.25) is 4.79 Å². The molecular weight excluding hydrogens is 274 g/mol. The molecule has 114 valence electrons. The van der Waals surface area contributed by atoms with Crippen LogP contribution in [-0.4, -0.2) is 18.5 Å². The zero-order valence-electron chi connectivity index (χ0n) is 12.8. The first kappa shape index (κ1) is 14.6. The van der Waals surface area contributed by atoms with Crippen LogP contribution in [-0.2, 0) is 17.8 Å². The predicted octanol–water partition coefficient (Wildman–Crippen LogP) is 2.54. The van der Waals surface area contributed by atoms with Crippen LogP contribution in [0.4, 0.5) is 11.4 Å². The van der Waals surface area contributed by atoms with Crippen molar-refractivity contribution in [1.29, 1.82) is 0 Å². The fraction of sp³-hybridized carbons (Fsp3) is 0.278. The van der Waals surface area contributed by atoms with Gasteiger partial charge >= 0.3 is 0 Å². The predicted molar refractivity (Wildman–Crippen MR) is 89.9 cm³/mol. The topological polar surface area (TPSA) is 58.4 Å². The molecule has 0 spiro atoms. The second kappa shape index (κ2) is 6.20. The Hall–Kier alpha value is -2.33. The highest BCUT2D eigenvalue weighted by Gasteiger charge is 2.26. The maximum Gasteiger partial charge on any atom is 0.243 e. The molecule has 0 radical (unpaired) electrons. The maximum atomic E-state index is 12.3. The molecule has 0 aromatic heterocycles. The first-order valence-electron chi connectivity index (χ1n) is 7.61. The van der Waals surface area contributed by atoms with E-state index in [4.69, 9.17) is 5.73 Å². The van der Waals surface area contributed by atoms with Crippen molar-refractivity contribution in [2.75, 3.05) is 16.8 Å². The van der Waals surface area contributed by atoms with E-state index >= 15 is 0 Å². The Morgan fingerprint density at radius 3 is 2.68 bits per heavy atom. The van der Waals surface area contributed by atoms with Gasteiger partial charge in [0.2, 0.25) is 5.91 Å². The lowest BCUT2D eigenvalue weighted by molar-refractivity contribution is -0.115. The highest BCUT2D eigenvalue weighted by Crippen LogP contribution is 2.31. The van der Waals surface area contributed by atoms with Gasteiger partial charge < -0.3 is 16.0 Å². The van der Waals surface area contributed by atoms with Gasteiger partial charge in [-0.15, -0.1) is 0 Å². The molecule has 22 heavy (non-hydrogen) atoms. The van der Waals surface area contributed by atoms with Crippen molar-refractivity contribution in [2.45, 2.75) is 25.9 Å². The van der Waals surface area contributed by atoms with E-state index in [9.17, 15) is 4.79 Å². The van der Waals surface area contributed by atoms with E-state index in [-0.39, 0.29) is 5.91 Å². The summed E-state index contributed by atoms with van der Waals surface area (Å²) in [5.74, 6) is 0.00375. The van der Waals surface area contributed by atoms with E-state index in [2.05, 4.69) is 29.3 Å². The van der Waals surface area contributed by atoms with E-state index in [1.807, 2.05) is 36.4 Å². The summed E-state index contributed by atoms with van der Waals surface area (Å²) in [4.78, 5) is 14.5. The highest BCUT2D eigenvalue weighted by atomic mass is 16.2. The number of para-hydroxylation sites is 1. The van der Waals surface area contributed by atoms with Crippen LogP contribution in [0.25, 0.3) is 0 Å². The van der Waals surface area contributed by atoms with Crippen LogP contribution in [0.3, 0.4) is 0 Å². The third-order valence-electron chi connectivity index (χ3n) is 4.14. The minimum absolute atomic E-state index is 0.00375. The van der Waals surface area contributed by atoms with Crippen LogP contribution in [0, 0.1) is 0 Å². The van der Waals surface area contributed by atoms with Crippen molar-refractivity contribution >= 4 is 17.3 Å². The van der Waals surface area contributed by atoms with Crippen molar-refractivity contribution in [1.82, 2.24) is 0 Å². The first-order chi connectivity index (χ1) is 10.7. The molecule has 1 atom stereocenters. The molecule has 4 nitrogen and oxygen atoms in total. The van der Waals surface area contributed by atoms with Crippen LogP contribution in [0.2, 0.25) is 0 Å². The van der Waals surface area contributed by atoms with Crippen molar-refractivity contribution in [3.05, 3.63) is 59.7 Å². The molecule has 0 bridgehead atoms. The molecule has 1 amide bonds. The lowest BCUT2D eigenvalue weighted by Gasteiger charge is -2.24. The SMILES string of the molecule is CC1Cc2ccccc2N1CC(=O)Nc1ccc(CN)cc1. The van der Waals surface area contributed by atoms with Gasteiger partial charge in [-0.1, -0.05) is 30.3 Å². The van der Waals surface area contributed by atoms with Crippen molar-refractivity contribution in [3.63, 3.8) is 0 Å². The average molecular weight is 295 g/mol. The maximum absolute atomic E-state index is 12.3. The number of carbonyl (C=O) groups excluding carboxylic acids is 1. The number of carbonyl (C=O) groups is 1. The van der Waals surface area contributed by atoms with Crippen LogP contribution in [0.15, 0.2) is 48.5 Å². The molecule has 1 heterocycles. The number of nitrogens with two attached hydrogens (primary N) is 1. The molecule has 0 aliphatic carbocycles. The lowest BCUT2D eigenvalue weighted by atomic mass is 10.1. The summed E-state index contributed by atoms with van der Waals surface area (Å²) in [6, 6.07) is 16.3. The fourth-order valence-electron chi connectivity index (χ4n) is 2.95. The van der Waals surface area contributed by atoms with E-state index in [1.165, 1.54) is 11.3 Å². The summed E-state index contributed by atoms with van der Waals surface area (Å²) in [5, 5.41) is 2.95. The zero-order chi connectivity index (χ0) is 15.5. The molecule has 1 aliphatic heterocycles. The van der Waals surface area contributed by atoms with E-state index < -0.39 is 0 Å². The molecule has 1 unspecified atom stereocenters. The van der Waals surface area contributed by atoms with Gasteiger partial charge in [0.05, 0.1) is 6.54 Å². The molecule has 1 aliphatic rings. The van der Waals surface area contributed by atoms with E-state index in [1.54, 1.807) is 0 Å². The number of benzene rings is 2. The van der Waals surface area contributed by atoms with Crippen molar-refractivity contribution < 1.29 is 4.79 Å². The van der Waals surface area contributed by atoms with Gasteiger partial charge in [0, 0.05) is 24.0 Å². The number of anilines is 2. The van der Waals surface area contributed by atoms with E-state index in [0.717, 1.165) is 17.7 Å². The Morgan fingerprint density at radius 1 is 1.23 bits per heavy atom. The molecular formula is C18H21N3O. The molecule has 0 fully saturated rings. The van der Waals surface area contributed by atoms with Crippen LogP contribution >= 0.6 is 0 Å². The summed E-state index contributed by atoms with van der Waals surface area (Å²) in [7, 11) is 0. The molecule has 4 heteroatoms. The standard InChI is InChI=1S/C18H21N3O/c1-13-10-15-4-2-3-5-17(15)21(13)12-18(22)20-16-8-6-14(11-19)7-9-16/h2-9,13H,10-12,19H2,1H3,(H,20,22). The summed E-state index contributed by atoms with van der Waals surface area (Å²) >= 11 is 0. The Labute approximate surface area is 130 Å². The number of amides is 1. The molecule has 3 rings (SSSR count).